The first-order chi connectivity index (χ1) is 13.8. The van der Waals surface area contributed by atoms with E-state index in [9.17, 15) is 5.11 Å². The summed E-state index contributed by atoms with van der Waals surface area (Å²) in [7, 11) is 0. The molecule has 3 aromatic rings. The lowest BCUT2D eigenvalue weighted by Gasteiger charge is -2.13. The van der Waals surface area contributed by atoms with E-state index in [0.29, 0.717) is 0 Å². The van der Waals surface area contributed by atoms with Gasteiger partial charge in [0.05, 0.1) is 11.4 Å². The first kappa shape index (κ1) is 20.7. The lowest BCUT2D eigenvalue weighted by Crippen LogP contribution is -2.00. The van der Waals surface area contributed by atoms with Crippen molar-refractivity contribution in [1.29, 1.82) is 0 Å². The van der Waals surface area contributed by atoms with Crippen molar-refractivity contribution < 1.29 is 5.11 Å². The van der Waals surface area contributed by atoms with Gasteiger partial charge in [-0.2, -0.15) is 0 Å². The molecule has 3 aromatic carbocycles. The van der Waals surface area contributed by atoms with Crippen LogP contribution in [0.2, 0.25) is 0 Å². The molecule has 0 saturated carbocycles. The van der Waals surface area contributed by atoms with Crippen molar-refractivity contribution in [2.75, 3.05) is 5.73 Å². The van der Waals surface area contributed by atoms with E-state index in [-0.39, 0.29) is 5.75 Å². The van der Waals surface area contributed by atoms with Crippen molar-refractivity contribution in [2.24, 2.45) is 4.99 Å². The van der Waals surface area contributed by atoms with Gasteiger partial charge in [0.1, 0.15) is 5.75 Å². The van der Waals surface area contributed by atoms with E-state index >= 15 is 0 Å². The number of nitrogens with zero attached hydrogens (tertiary/aromatic N) is 1. The van der Waals surface area contributed by atoms with Gasteiger partial charge in [-0.1, -0.05) is 43.3 Å². The Labute approximate surface area is 173 Å². The van der Waals surface area contributed by atoms with E-state index in [1.807, 2.05) is 18.2 Å². The molecule has 0 fully saturated rings. The third-order valence-electron chi connectivity index (χ3n) is 5.41. The average molecular weight is 387 g/mol. The molecular weight excluding hydrogens is 356 g/mol. The highest BCUT2D eigenvalue weighted by molar-refractivity contribution is 6.04. The standard InChI is InChI=1S/C26H30N2O/c1-6-23(22-9-7-8-10-24(22)29)28-26-18(4)13-21(14-19(26)5)15-20-11-16(2)25(27)17(3)12-20/h7-14,29H,6,15,27H2,1-5H3/b28-23+. The first-order valence-corrected chi connectivity index (χ1v) is 10.1. The summed E-state index contributed by atoms with van der Waals surface area (Å²) in [5.74, 6) is 0.272. The van der Waals surface area contributed by atoms with Crippen LogP contribution in [0.5, 0.6) is 5.75 Å². The van der Waals surface area contributed by atoms with Crippen LogP contribution in [0.4, 0.5) is 11.4 Å². The predicted octanol–water partition coefficient (Wildman–Crippen LogP) is 6.33. The number of aliphatic imine (C=N–C) groups is 1. The molecule has 0 unspecified atom stereocenters. The second kappa shape index (κ2) is 8.52. The number of para-hydroxylation sites is 1. The summed E-state index contributed by atoms with van der Waals surface area (Å²) in [5, 5.41) is 10.2. The molecule has 3 nitrogen and oxygen atoms in total. The predicted molar refractivity (Wildman–Crippen MR) is 124 cm³/mol. The third-order valence-corrected chi connectivity index (χ3v) is 5.41. The molecule has 0 heterocycles. The number of nitrogens with two attached hydrogens (primary N) is 1. The van der Waals surface area contributed by atoms with Gasteiger partial charge in [-0.25, -0.2) is 0 Å². The van der Waals surface area contributed by atoms with Gasteiger partial charge in [-0.15, -0.1) is 0 Å². The lowest BCUT2D eigenvalue weighted by molar-refractivity contribution is 0.474. The van der Waals surface area contributed by atoms with Crippen LogP contribution in [-0.2, 0) is 6.42 Å². The second-order valence-corrected chi connectivity index (χ2v) is 7.83. The first-order valence-electron chi connectivity index (χ1n) is 10.1. The monoisotopic (exact) mass is 386 g/mol. The molecule has 0 aromatic heterocycles. The minimum Gasteiger partial charge on any atom is -0.507 e. The quantitative estimate of drug-likeness (QED) is 0.397. The largest absolute Gasteiger partial charge is 0.507 e. The van der Waals surface area contributed by atoms with E-state index < -0.39 is 0 Å². The molecule has 0 atom stereocenters. The normalized spacial score (nSPS) is 11.7. The van der Waals surface area contributed by atoms with Crippen LogP contribution in [0.1, 0.15) is 52.3 Å². The third kappa shape index (κ3) is 4.51. The maximum Gasteiger partial charge on any atom is 0.124 e. The van der Waals surface area contributed by atoms with Crippen molar-refractivity contribution in [3.05, 3.63) is 87.5 Å². The van der Waals surface area contributed by atoms with Crippen LogP contribution < -0.4 is 5.73 Å². The fraction of sp³-hybridized carbons (Fsp3) is 0.269. The molecule has 0 aliphatic carbocycles. The van der Waals surface area contributed by atoms with Gasteiger partial charge in [0.2, 0.25) is 0 Å². The average Bonchev–Trinajstić information content (AvgIpc) is 2.66. The SMILES string of the molecule is CC/C(=N\c1c(C)cc(Cc2cc(C)c(N)c(C)c2)cc1C)c1ccccc1O. The lowest BCUT2D eigenvalue weighted by atomic mass is 9.96. The molecule has 3 heteroatoms. The number of aryl methyl sites for hydroxylation is 4. The van der Waals surface area contributed by atoms with Gasteiger partial charge in [-0.05, 0) is 86.1 Å². The Kier molecular flexibility index (Phi) is 6.07. The topological polar surface area (TPSA) is 58.6 Å². The van der Waals surface area contributed by atoms with Crippen LogP contribution in [0.25, 0.3) is 0 Å². The minimum atomic E-state index is 0.272. The Morgan fingerprint density at radius 2 is 1.38 bits per heavy atom. The van der Waals surface area contributed by atoms with Gasteiger partial charge < -0.3 is 10.8 Å². The number of hydrogen-bond donors (Lipinski definition) is 2. The summed E-state index contributed by atoms with van der Waals surface area (Å²) in [4.78, 5) is 4.94. The molecule has 3 N–H and O–H groups in total. The number of rotatable bonds is 5. The Morgan fingerprint density at radius 3 is 1.90 bits per heavy atom. The number of aromatic hydroxyl groups is 1. The van der Waals surface area contributed by atoms with Gasteiger partial charge in [0.25, 0.3) is 0 Å². The Balaban J connectivity index is 1.96. The number of nitrogen functional groups attached to an aromatic ring is 1. The number of phenols is 1. The van der Waals surface area contributed by atoms with E-state index in [1.54, 1.807) is 6.07 Å². The summed E-state index contributed by atoms with van der Waals surface area (Å²) >= 11 is 0. The minimum absolute atomic E-state index is 0.272. The van der Waals surface area contributed by atoms with Crippen molar-refractivity contribution >= 4 is 17.1 Å². The van der Waals surface area contributed by atoms with Gasteiger partial charge in [-0.3, -0.25) is 4.99 Å². The smallest absolute Gasteiger partial charge is 0.124 e. The summed E-state index contributed by atoms with van der Waals surface area (Å²) in [6.45, 7) is 10.4. The van der Waals surface area contributed by atoms with Crippen LogP contribution >= 0.6 is 0 Å². The van der Waals surface area contributed by atoms with Crippen molar-refractivity contribution in [1.82, 2.24) is 0 Å². The molecule has 0 amide bonds. The molecule has 0 aliphatic heterocycles. The molecule has 0 aliphatic rings. The van der Waals surface area contributed by atoms with Crippen molar-refractivity contribution in [3.8, 4) is 5.75 Å². The van der Waals surface area contributed by atoms with E-state index in [1.165, 1.54) is 11.1 Å². The molecule has 0 spiro atoms. The van der Waals surface area contributed by atoms with Gasteiger partial charge in [0, 0.05) is 11.3 Å². The van der Waals surface area contributed by atoms with E-state index in [2.05, 4.69) is 58.9 Å². The fourth-order valence-corrected chi connectivity index (χ4v) is 3.91. The Morgan fingerprint density at radius 1 is 0.862 bits per heavy atom. The Hall–Kier alpha value is -3.07. The summed E-state index contributed by atoms with van der Waals surface area (Å²) < 4.78 is 0. The second-order valence-electron chi connectivity index (χ2n) is 7.83. The van der Waals surface area contributed by atoms with E-state index in [4.69, 9.17) is 10.7 Å². The van der Waals surface area contributed by atoms with Crippen LogP contribution in [-0.4, -0.2) is 10.8 Å². The molecule has 150 valence electrons. The maximum atomic E-state index is 10.2. The van der Waals surface area contributed by atoms with Gasteiger partial charge >= 0.3 is 0 Å². The zero-order valence-electron chi connectivity index (χ0n) is 18.0. The van der Waals surface area contributed by atoms with Crippen molar-refractivity contribution in [2.45, 2.75) is 47.5 Å². The molecular formula is C26H30N2O. The highest BCUT2D eigenvalue weighted by Gasteiger charge is 2.11. The zero-order chi connectivity index (χ0) is 21.1. The van der Waals surface area contributed by atoms with Crippen LogP contribution in [0.15, 0.2) is 53.5 Å². The maximum absolute atomic E-state index is 10.2. The fourth-order valence-electron chi connectivity index (χ4n) is 3.91. The summed E-state index contributed by atoms with van der Waals surface area (Å²) in [6, 6.07) is 16.2. The van der Waals surface area contributed by atoms with Crippen LogP contribution in [0.3, 0.4) is 0 Å². The number of hydrogen-bond acceptors (Lipinski definition) is 3. The number of phenolic OH excluding ortho intramolecular Hbond substituents is 1. The Bertz CT molecular complexity index is 1030. The molecule has 3 rings (SSSR count). The molecule has 0 saturated heterocycles. The zero-order valence-corrected chi connectivity index (χ0v) is 18.0. The highest BCUT2D eigenvalue weighted by Crippen LogP contribution is 2.30. The molecule has 29 heavy (non-hydrogen) atoms. The molecule has 0 bridgehead atoms. The summed E-state index contributed by atoms with van der Waals surface area (Å²) in [5.41, 5.74) is 16.7. The highest BCUT2D eigenvalue weighted by atomic mass is 16.3. The number of benzene rings is 3. The van der Waals surface area contributed by atoms with Gasteiger partial charge in [0.15, 0.2) is 0 Å². The van der Waals surface area contributed by atoms with E-state index in [0.717, 1.165) is 57.7 Å². The van der Waals surface area contributed by atoms with Crippen molar-refractivity contribution in [3.63, 3.8) is 0 Å². The van der Waals surface area contributed by atoms with Crippen LogP contribution in [0, 0.1) is 27.7 Å². The molecule has 0 radical (unpaired) electrons. The number of anilines is 1. The summed E-state index contributed by atoms with van der Waals surface area (Å²) in [6.07, 6.45) is 1.62.